The van der Waals surface area contributed by atoms with Crippen molar-refractivity contribution in [3.8, 4) is 5.75 Å². The maximum atomic E-state index is 13.2. The standard InChI is InChI=1S/C19H15F3N2O2S2/c1-10-5-6-27-16(10)18(8-12-9-28-11(2)23-12)14-7-13(26-19(20,21)22)3-4-15(14)24-17(18)25/h3-7,9H,8H2,1-2H3,(H,24,25). The molecule has 3 aromatic rings. The van der Waals surface area contributed by atoms with Crippen LogP contribution in [0, 0.1) is 13.8 Å². The molecule has 0 spiro atoms. The zero-order chi connectivity index (χ0) is 20.1. The maximum Gasteiger partial charge on any atom is 0.573 e. The molecule has 1 aromatic carbocycles. The summed E-state index contributed by atoms with van der Waals surface area (Å²) in [4.78, 5) is 18.5. The summed E-state index contributed by atoms with van der Waals surface area (Å²) in [5.41, 5.74) is 1.43. The number of thiazole rings is 1. The van der Waals surface area contributed by atoms with Crippen molar-refractivity contribution in [3.63, 3.8) is 0 Å². The highest BCUT2D eigenvalue weighted by molar-refractivity contribution is 7.10. The Morgan fingerprint density at radius 2 is 2.00 bits per heavy atom. The molecule has 3 heterocycles. The Labute approximate surface area is 167 Å². The van der Waals surface area contributed by atoms with Crippen molar-refractivity contribution >= 4 is 34.3 Å². The maximum absolute atomic E-state index is 13.2. The normalized spacial score (nSPS) is 18.8. The number of alkyl halides is 3. The fraction of sp³-hybridized carbons (Fsp3) is 0.263. The molecule has 2 aromatic heterocycles. The van der Waals surface area contributed by atoms with E-state index in [1.807, 2.05) is 30.7 Å². The van der Waals surface area contributed by atoms with Gasteiger partial charge in [-0.1, -0.05) is 0 Å². The second-order valence-corrected chi connectivity index (χ2v) is 8.56. The minimum Gasteiger partial charge on any atom is -0.406 e. The van der Waals surface area contributed by atoms with Gasteiger partial charge < -0.3 is 10.1 Å². The van der Waals surface area contributed by atoms with Crippen LogP contribution in [0.15, 0.2) is 35.0 Å². The van der Waals surface area contributed by atoms with Crippen molar-refractivity contribution < 1.29 is 22.7 Å². The van der Waals surface area contributed by atoms with E-state index in [0.717, 1.165) is 21.1 Å². The fourth-order valence-electron chi connectivity index (χ4n) is 3.59. The number of aryl methyl sites for hydroxylation is 2. The predicted molar refractivity (Wildman–Crippen MR) is 102 cm³/mol. The van der Waals surface area contributed by atoms with Crippen LogP contribution in [0.4, 0.5) is 18.9 Å². The molecule has 1 atom stereocenters. The Kier molecular flexibility index (Phi) is 4.46. The number of carbonyl (C=O) groups excluding carboxylic acids is 1. The molecule has 1 aliphatic heterocycles. The van der Waals surface area contributed by atoms with Gasteiger partial charge in [0.1, 0.15) is 11.2 Å². The van der Waals surface area contributed by atoms with Crippen molar-refractivity contribution in [3.05, 3.63) is 61.7 Å². The van der Waals surface area contributed by atoms with E-state index in [1.54, 1.807) is 0 Å². The lowest BCUT2D eigenvalue weighted by atomic mass is 9.75. The average Bonchev–Trinajstić information content (AvgIpc) is 3.27. The van der Waals surface area contributed by atoms with Crippen LogP contribution in [0.1, 0.15) is 26.7 Å². The summed E-state index contributed by atoms with van der Waals surface area (Å²) in [5.74, 6) is -0.626. The third kappa shape index (κ3) is 3.18. The Balaban J connectivity index is 1.90. The van der Waals surface area contributed by atoms with Crippen LogP contribution in [-0.4, -0.2) is 17.3 Å². The van der Waals surface area contributed by atoms with Gasteiger partial charge in [-0.05, 0) is 49.1 Å². The monoisotopic (exact) mass is 424 g/mol. The molecular weight excluding hydrogens is 409 g/mol. The van der Waals surface area contributed by atoms with Crippen LogP contribution >= 0.6 is 22.7 Å². The number of anilines is 1. The number of rotatable bonds is 4. The summed E-state index contributed by atoms with van der Waals surface area (Å²) in [6.45, 7) is 3.76. The average molecular weight is 424 g/mol. The molecule has 4 nitrogen and oxygen atoms in total. The molecule has 9 heteroatoms. The quantitative estimate of drug-likeness (QED) is 0.626. The second kappa shape index (κ2) is 6.59. The summed E-state index contributed by atoms with van der Waals surface area (Å²) >= 11 is 2.88. The molecule has 1 aliphatic rings. The van der Waals surface area contributed by atoms with Gasteiger partial charge in [0.15, 0.2) is 0 Å². The van der Waals surface area contributed by atoms with Crippen LogP contribution in [0.3, 0.4) is 0 Å². The number of thiophene rings is 1. The minimum atomic E-state index is -4.81. The number of aromatic nitrogens is 1. The first-order chi connectivity index (χ1) is 13.2. The SMILES string of the molecule is Cc1nc(CC2(c3sccc3C)C(=O)Nc3ccc(OC(F)(F)F)cc32)cs1. The zero-order valence-corrected chi connectivity index (χ0v) is 16.5. The number of hydrogen-bond acceptors (Lipinski definition) is 5. The van der Waals surface area contributed by atoms with Crippen LogP contribution in [-0.2, 0) is 16.6 Å². The summed E-state index contributed by atoms with van der Waals surface area (Å²) in [5, 5.41) is 7.44. The topological polar surface area (TPSA) is 51.2 Å². The highest BCUT2D eigenvalue weighted by Crippen LogP contribution is 2.49. The molecule has 28 heavy (non-hydrogen) atoms. The number of benzene rings is 1. The summed E-state index contributed by atoms with van der Waals surface area (Å²) in [6.07, 6.45) is -4.55. The molecule has 0 aliphatic carbocycles. The number of nitrogens with zero attached hydrogens (tertiary/aromatic N) is 1. The first kappa shape index (κ1) is 18.9. The molecule has 0 fully saturated rings. The molecule has 1 unspecified atom stereocenters. The van der Waals surface area contributed by atoms with Gasteiger partial charge in [0.25, 0.3) is 0 Å². The second-order valence-electron chi connectivity index (χ2n) is 6.58. The van der Waals surface area contributed by atoms with Crippen molar-refractivity contribution in [1.82, 2.24) is 4.98 Å². The number of hydrogen-bond donors (Lipinski definition) is 1. The van der Waals surface area contributed by atoms with Crippen molar-refractivity contribution in [2.75, 3.05) is 5.32 Å². The molecular formula is C19H15F3N2O2S2. The van der Waals surface area contributed by atoms with Gasteiger partial charge in [-0.3, -0.25) is 4.79 Å². The smallest absolute Gasteiger partial charge is 0.406 e. The molecule has 146 valence electrons. The van der Waals surface area contributed by atoms with Gasteiger partial charge in [0.2, 0.25) is 5.91 Å². The number of amides is 1. The Morgan fingerprint density at radius 1 is 1.21 bits per heavy atom. The first-order valence-electron chi connectivity index (χ1n) is 8.36. The van der Waals surface area contributed by atoms with E-state index in [1.165, 1.54) is 40.9 Å². The van der Waals surface area contributed by atoms with Crippen molar-refractivity contribution in [1.29, 1.82) is 0 Å². The molecule has 1 N–H and O–H groups in total. The van der Waals surface area contributed by atoms with Gasteiger partial charge in [-0.15, -0.1) is 35.8 Å². The van der Waals surface area contributed by atoms with E-state index in [-0.39, 0.29) is 18.1 Å². The number of fused-ring (bicyclic) bond motifs is 1. The zero-order valence-electron chi connectivity index (χ0n) is 14.9. The third-order valence-corrected chi connectivity index (χ3v) is 6.68. The van der Waals surface area contributed by atoms with Gasteiger partial charge >= 0.3 is 6.36 Å². The largest absolute Gasteiger partial charge is 0.573 e. The van der Waals surface area contributed by atoms with E-state index in [2.05, 4.69) is 15.0 Å². The number of halogens is 3. The van der Waals surface area contributed by atoms with E-state index in [0.29, 0.717) is 11.3 Å². The molecule has 0 bridgehead atoms. The van der Waals surface area contributed by atoms with Crippen LogP contribution < -0.4 is 10.1 Å². The Morgan fingerprint density at radius 3 is 2.61 bits per heavy atom. The highest BCUT2D eigenvalue weighted by Gasteiger charge is 2.50. The van der Waals surface area contributed by atoms with Gasteiger partial charge in [0, 0.05) is 27.9 Å². The fourth-order valence-corrected chi connectivity index (χ4v) is 5.34. The molecule has 0 saturated heterocycles. The summed E-state index contributed by atoms with van der Waals surface area (Å²) in [6, 6.07) is 5.86. The van der Waals surface area contributed by atoms with Crippen LogP contribution in [0.2, 0.25) is 0 Å². The van der Waals surface area contributed by atoms with Gasteiger partial charge in [0.05, 0.1) is 10.7 Å². The van der Waals surface area contributed by atoms with Gasteiger partial charge in [-0.25, -0.2) is 4.98 Å². The number of ether oxygens (including phenoxy) is 1. The molecule has 0 radical (unpaired) electrons. The minimum absolute atomic E-state index is 0.257. The summed E-state index contributed by atoms with van der Waals surface area (Å²) < 4.78 is 42.3. The number of carbonyl (C=O) groups is 1. The lowest BCUT2D eigenvalue weighted by Crippen LogP contribution is -2.38. The Hall–Kier alpha value is -2.39. The number of nitrogens with one attached hydrogen (secondary N) is 1. The molecule has 4 rings (SSSR count). The third-order valence-electron chi connectivity index (χ3n) is 4.68. The predicted octanol–water partition coefficient (Wildman–Crippen LogP) is 5.20. The van der Waals surface area contributed by atoms with E-state index < -0.39 is 11.8 Å². The van der Waals surface area contributed by atoms with Crippen molar-refractivity contribution in [2.24, 2.45) is 0 Å². The van der Waals surface area contributed by atoms with Crippen LogP contribution in [0.25, 0.3) is 0 Å². The lowest BCUT2D eigenvalue weighted by Gasteiger charge is -2.27. The van der Waals surface area contributed by atoms with E-state index in [4.69, 9.17) is 0 Å². The summed E-state index contributed by atoms with van der Waals surface area (Å²) in [7, 11) is 0. The Bertz CT molecular complexity index is 1060. The molecule has 1 amide bonds. The lowest BCUT2D eigenvalue weighted by molar-refractivity contribution is -0.274. The van der Waals surface area contributed by atoms with E-state index in [9.17, 15) is 18.0 Å². The first-order valence-corrected chi connectivity index (χ1v) is 10.1. The highest BCUT2D eigenvalue weighted by atomic mass is 32.1. The van der Waals surface area contributed by atoms with Crippen LogP contribution in [0.5, 0.6) is 5.75 Å². The van der Waals surface area contributed by atoms with Crippen molar-refractivity contribution in [2.45, 2.75) is 32.0 Å². The molecule has 0 saturated carbocycles. The van der Waals surface area contributed by atoms with Gasteiger partial charge in [-0.2, -0.15) is 0 Å². The van der Waals surface area contributed by atoms with E-state index >= 15 is 0 Å².